The summed E-state index contributed by atoms with van der Waals surface area (Å²) in [6.07, 6.45) is 0. The second-order valence-electron chi connectivity index (χ2n) is 9.46. The van der Waals surface area contributed by atoms with Crippen LogP contribution in [0.1, 0.15) is 70.7 Å². The molecule has 0 bridgehead atoms. The number of benzene rings is 2. The fourth-order valence-corrected chi connectivity index (χ4v) is 4.17. The van der Waals surface area contributed by atoms with Crippen molar-refractivity contribution in [3.63, 3.8) is 0 Å². The Morgan fingerprint density at radius 1 is 1.17 bits per heavy atom. The van der Waals surface area contributed by atoms with Gasteiger partial charge in [0, 0.05) is 42.4 Å². The van der Waals surface area contributed by atoms with Gasteiger partial charge in [0.2, 0.25) is 0 Å². The summed E-state index contributed by atoms with van der Waals surface area (Å²) in [5.41, 5.74) is 3.35. The van der Waals surface area contributed by atoms with Gasteiger partial charge in [0.1, 0.15) is 17.3 Å². The van der Waals surface area contributed by atoms with Gasteiger partial charge in [-0.3, -0.25) is 15.0 Å². The zero-order valence-corrected chi connectivity index (χ0v) is 22.0. The molecule has 2 aromatic carbocycles. The molecule has 0 aliphatic carbocycles. The Morgan fingerprint density at radius 2 is 1.86 bits per heavy atom. The number of aromatic hydroxyl groups is 1. The highest BCUT2D eigenvalue weighted by Gasteiger charge is 2.30. The van der Waals surface area contributed by atoms with E-state index in [4.69, 9.17) is 10.1 Å². The van der Waals surface area contributed by atoms with Crippen LogP contribution >= 0.6 is 12.4 Å². The molecule has 0 spiro atoms. The number of ketones is 1. The highest BCUT2D eigenvalue weighted by molar-refractivity contribution is 6.07. The molecule has 1 amide bonds. The molecular formula is C26H35ClN4O4. The Hall–Kier alpha value is -3.10. The van der Waals surface area contributed by atoms with Crippen molar-refractivity contribution in [2.45, 2.75) is 46.2 Å². The molecule has 190 valence electrons. The first-order valence-corrected chi connectivity index (χ1v) is 11.4. The van der Waals surface area contributed by atoms with E-state index in [2.05, 4.69) is 10.6 Å². The van der Waals surface area contributed by atoms with Crippen molar-refractivity contribution in [3.05, 3.63) is 57.6 Å². The van der Waals surface area contributed by atoms with Crippen molar-refractivity contribution in [3.8, 4) is 11.5 Å². The van der Waals surface area contributed by atoms with Crippen LogP contribution in [-0.2, 0) is 18.5 Å². The Balaban J connectivity index is 0.00000432. The number of fused-ring (bicyclic) bond motifs is 1. The fraction of sp³-hybridized carbons (Fsp3) is 0.423. The van der Waals surface area contributed by atoms with E-state index < -0.39 is 0 Å². The van der Waals surface area contributed by atoms with Crippen LogP contribution in [-0.4, -0.2) is 54.8 Å². The summed E-state index contributed by atoms with van der Waals surface area (Å²) in [5.74, 6) is 0.430. The lowest BCUT2D eigenvalue weighted by atomic mass is 9.83. The minimum Gasteiger partial charge on any atom is -0.507 e. The molecule has 0 radical (unpaired) electrons. The number of nitrogens with one attached hydrogen (secondary N) is 3. The average Bonchev–Trinajstić information content (AvgIpc) is 3.07. The molecule has 1 heterocycles. The van der Waals surface area contributed by atoms with Crippen LogP contribution in [0.25, 0.3) is 0 Å². The predicted octanol–water partition coefficient (Wildman–Crippen LogP) is 3.61. The third-order valence-electron chi connectivity index (χ3n) is 5.93. The Labute approximate surface area is 213 Å². The number of halogens is 1. The number of hydrogen-bond acceptors (Lipinski definition) is 6. The van der Waals surface area contributed by atoms with Crippen molar-refractivity contribution >= 4 is 29.9 Å². The molecule has 9 heteroatoms. The van der Waals surface area contributed by atoms with Crippen molar-refractivity contribution in [2.24, 2.45) is 0 Å². The lowest BCUT2D eigenvalue weighted by Gasteiger charge is -2.24. The van der Waals surface area contributed by atoms with E-state index in [-0.39, 0.29) is 47.6 Å². The highest BCUT2D eigenvalue weighted by atomic mass is 35.5. The van der Waals surface area contributed by atoms with Crippen molar-refractivity contribution in [1.82, 2.24) is 15.5 Å². The molecule has 8 nitrogen and oxygen atoms in total. The molecule has 0 unspecified atom stereocenters. The second kappa shape index (κ2) is 11.1. The lowest BCUT2D eigenvalue weighted by Crippen LogP contribution is -2.30. The maximum atomic E-state index is 13.3. The van der Waals surface area contributed by atoms with Gasteiger partial charge in [-0.15, -0.1) is 12.4 Å². The van der Waals surface area contributed by atoms with Crippen LogP contribution in [0.3, 0.4) is 0 Å². The van der Waals surface area contributed by atoms with Gasteiger partial charge in [-0.2, -0.15) is 0 Å². The normalized spacial score (nSPS) is 12.7. The molecule has 35 heavy (non-hydrogen) atoms. The number of phenolic OH excluding ortho intramolecular Hbond substituents is 1. The zero-order valence-electron chi connectivity index (χ0n) is 21.2. The summed E-state index contributed by atoms with van der Waals surface area (Å²) in [6.45, 7) is 9.06. The number of rotatable bonds is 8. The van der Waals surface area contributed by atoms with Gasteiger partial charge < -0.3 is 25.4 Å². The van der Waals surface area contributed by atoms with E-state index >= 15 is 0 Å². The first kappa shape index (κ1) is 28.1. The molecule has 0 fully saturated rings. The smallest absolute Gasteiger partial charge is 0.254 e. The van der Waals surface area contributed by atoms with E-state index in [9.17, 15) is 14.7 Å². The van der Waals surface area contributed by atoms with Gasteiger partial charge in [0.15, 0.2) is 5.78 Å². The summed E-state index contributed by atoms with van der Waals surface area (Å²) in [7, 11) is 3.34. The quantitative estimate of drug-likeness (QED) is 0.410. The summed E-state index contributed by atoms with van der Waals surface area (Å²) in [5, 5.41) is 25.0. The number of carbonyl (C=O) groups is 2. The predicted molar refractivity (Wildman–Crippen MR) is 139 cm³/mol. The zero-order chi connectivity index (χ0) is 25.2. The van der Waals surface area contributed by atoms with E-state index in [0.717, 1.165) is 5.56 Å². The number of carbonyl (C=O) groups excluding carboxylic acids is 2. The van der Waals surface area contributed by atoms with Crippen LogP contribution in [0.5, 0.6) is 11.5 Å². The molecule has 1 aliphatic rings. The molecule has 0 saturated heterocycles. The minimum atomic E-state index is -0.342. The van der Waals surface area contributed by atoms with E-state index in [1.807, 2.05) is 27.7 Å². The van der Waals surface area contributed by atoms with E-state index in [0.29, 0.717) is 53.3 Å². The van der Waals surface area contributed by atoms with Crippen molar-refractivity contribution in [1.29, 1.82) is 5.41 Å². The molecule has 4 N–H and O–H groups in total. The molecule has 0 saturated carbocycles. The van der Waals surface area contributed by atoms with Crippen LogP contribution in [0.4, 0.5) is 0 Å². The monoisotopic (exact) mass is 502 g/mol. The minimum absolute atomic E-state index is 0. The number of amidine groups is 1. The Bertz CT molecular complexity index is 1140. The third kappa shape index (κ3) is 5.77. The van der Waals surface area contributed by atoms with Crippen molar-refractivity contribution in [2.75, 3.05) is 27.2 Å². The summed E-state index contributed by atoms with van der Waals surface area (Å²) < 4.78 is 5.65. The number of phenols is 1. The number of hydrogen-bond donors (Lipinski definition) is 4. The standard InChI is InChI=1S/C26H34N4O4.ClH/c1-7-34-22-10-17-13-30(24(27)18(17)11-19(22)25(33)29-6)14-21(31)15-8-16(12-28-5)23(32)20(9-15)26(2,3)4;/h8-11,27-28,32H,7,12-14H2,1-6H3,(H,29,33);1H. The average molecular weight is 503 g/mol. The molecule has 2 aromatic rings. The molecule has 0 aromatic heterocycles. The third-order valence-corrected chi connectivity index (χ3v) is 5.93. The Kier molecular flexibility index (Phi) is 8.92. The summed E-state index contributed by atoms with van der Waals surface area (Å²) in [6, 6.07) is 6.91. The molecule has 0 atom stereocenters. The first-order valence-electron chi connectivity index (χ1n) is 11.4. The number of Topliss-reactive ketones (excluding diaryl/α,β-unsaturated/α-hetero) is 1. The highest BCUT2D eigenvalue weighted by Crippen LogP contribution is 2.35. The van der Waals surface area contributed by atoms with E-state index in [1.54, 1.807) is 43.3 Å². The van der Waals surface area contributed by atoms with Gasteiger partial charge in [-0.25, -0.2) is 0 Å². The number of amides is 1. The molecule has 1 aliphatic heterocycles. The van der Waals surface area contributed by atoms with Gasteiger partial charge in [-0.05, 0) is 49.2 Å². The largest absolute Gasteiger partial charge is 0.507 e. The number of nitrogens with zero attached hydrogens (tertiary/aromatic N) is 1. The van der Waals surface area contributed by atoms with Gasteiger partial charge in [0.05, 0.1) is 18.7 Å². The lowest BCUT2D eigenvalue weighted by molar-refractivity contribution is 0.0953. The maximum absolute atomic E-state index is 13.3. The second-order valence-corrected chi connectivity index (χ2v) is 9.46. The number of ether oxygens (including phenoxy) is 1. The maximum Gasteiger partial charge on any atom is 0.254 e. The topological polar surface area (TPSA) is 115 Å². The SMILES string of the molecule is CCOc1cc2c(cc1C(=O)NC)C(=N)N(CC(=O)c1cc(CNC)c(O)c(C(C)(C)C)c1)C2.Cl. The molecule has 3 rings (SSSR count). The summed E-state index contributed by atoms with van der Waals surface area (Å²) >= 11 is 0. The summed E-state index contributed by atoms with van der Waals surface area (Å²) in [4.78, 5) is 27.3. The van der Waals surface area contributed by atoms with Crippen LogP contribution in [0.15, 0.2) is 24.3 Å². The van der Waals surface area contributed by atoms with Crippen LogP contribution in [0, 0.1) is 5.41 Å². The van der Waals surface area contributed by atoms with Gasteiger partial charge >= 0.3 is 0 Å². The van der Waals surface area contributed by atoms with E-state index in [1.165, 1.54) is 0 Å². The molecular weight excluding hydrogens is 468 g/mol. The van der Waals surface area contributed by atoms with Gasteiger partial charge in [-0.1, -0.05) is 20.8 Å². The van der Waals surface area contributed by atoms with Crippen molar-refractivity contribution < 1.29 is 19.4 Å². The Morgan fingerprint density at radius 3 is 2.43 bits per heavy atom. The first-order chi connectivity index (χ1) is 16.0. The van der Waals surface area contributed by atoms with Crippen LogP contribution in [0.2, 0.25) is 0 Å². The van der Waals surface area contributed by atoms with Gasteiger partial charge in [0.25, 0.3) is 5.91 Å². The van der Waals surface area contributed by atoms with Crippen LogP contribution < -0.4 is 15.4 Å². The fourth-order valence-electron chi connectivity index (χ4n) is 4.17.